The van der Waals surface area contributed by atoms with E-state index in [0.717, 1.165) is 33.5 Å². The van der Waals surface area contributed by atoms with E-state index >= 15 is 0 Å². The van der Waals surface area contributed by atoms with Crippen LogP contribution in [0.3, 0.4) is 0 Å². The highest BCUT2D eigenvalue weighted by Crippen LogP contribution is 2.46. The second-order valence-electron chi connectivity index (χ2n) is 9.09. The molecule has 5 aromatic rings. The minimum Gasteiger partial charge on any atom is -0.200 e. The maximum absolute atomic E-state index is 9.04. The summed E-state index contributed by atoms with van der Waals surface area (Å²) >= 11 is 0. The molecule has 0 saturated heterocycles. The molecule has 0 saturated carbocycles. The second-order valence-corrected chi connectivity index (χ2v) is 9.09. The summed E-state index contributed by atoms with van der Waals surface area (Å²) in [6.45, 7) is 3.46. The number of rotatable bonds is 1. The van der Waals surface area contributed by atoms with E-state index in [2.05, 4.69) is 49.4 Å². The maximum atomic E-state index is 9.04. The van der Waals surface area contributed by atoms with E-state index in [1.165, 1.54) is 33.2 Å². The van der Waals surface area contributed by atoms with Crippen molar-refractivity contribution < 1.29 is 10.1 Å². The fourth-order valence-electron chi connectivity index (χ4n) is 5.81. The van der Waals surface area contributed by atoms with Crippen LogP contribution in [0.25, 0.3) is 43.6 Å². The van der Waals surface area contributed by atoms with Crippen LogP contribution in [0.1, 0.15) is 53.0 Å². The van der Waals surface area contributed by atoms with Crippen LogP contribution < -0.4 is 4.57 Å². The molecule has 1 aromatic heterocycles. The zero-order valence-corrected chi connectivity index (χ0v) is 18.4. The van der Waals surface area contributed by atoms with Gasteiger partial charge in [-0.1, -0.05) is 62.4 Å². The van der Waals surface area contributed by atoms with Gasteiger partial charge in [-0.3, -0.25) is 0 Å². The van der Waals surface area contributed by atoms with Gasteiger partial charge < -0.3 is 0 Å². The zero-order chi connectivity index (χ0) is 24.9. The van der Waals surface area contributed by atoms with E-state index in [4.69, 9.17) is 5.48 Å². The predicted molar refractivity (Wildman–Crippen MR) is 132 cm³/mol. The van der Waals surface area contributed by atoms with Crippen LogP contribution >= 0.6 is 0 Å². The number of aromatic nitrogens is 1. The number of fused-ring (bicyclic) bond motifs is 9. The quantitative estimate of drug-likeness (QED) is 0.199. The Bertz CT molecular complexity index is 1700. The van der Waals surface area contributed by atoms with Crippen LogP contribution in [0.15, 0.2) is 60.8 Å². The van der Waals surface area contributed by atoms with Crippen molar-refractivity contribution in [1.82, 2.24) is 0 Å². The molecule has 6 rings (SSSR count). The molecule has 1 heterocycles. The second kappa shape index (κ2) is 6.40. The van der Waals surface area contributed by atoms with E-state index in [1.807, 2.05) is 23.7 Å². The van der Waals surface area contributed by atoms with Gasteiger partial charge in [-0.15, -0.1) is 0 Å². The van der Waals surface area contributed by atoms with Gasteiger partial charge in [-0.2, -0.15) is 0 Å². The molecule has 0 unspecified atom stereocenters. The van der Waals surface area contributed by atoms with Gasteiger partial charge in [0.25, 0.3) is 0 Å². The van der Waals surface area contributed by atoms with Gasteiger partial charge in [-0.25, -0.2) is 4.57 Å². The van der Waals surface area contributed by atoms with Gasteiger partial charge >= 0.3 is 0 Å². The number of nitrogens with zero attached hydrogens (tertiary/aromatic N) is 1. The summed E-state index contributed by atoms with van der Waals surface area (Å²) in [4.78, 5) is 0. The molecule has 0 fully saturated rings. The number of aryl methyl sites for hydroxylation is 3. The molecule has 4 aromatic carbocycles. The van der Waals surface area contributed by atoms with Crippen LogP contribution in [0.4, 0.5) is 0 Å². The summed E-state index contributed by atoms with van der Waals surface area (Å²) in [6.07, 6.45) is 2.65. The smallest absolute Gasteiger partial charge is 0.200 e. The Labute approximate surface area is 189 Å². The van der Waals surface area contributed by atoms with E-state index in [-0.39, 0.29) is 5.56 Å². The summed E-state index contributed by atoms with van der Waals surface area (Å²) < 4.78 is 35.9. The molecule has 1 nitrogen and oxygen atoms in total. The lowest BCUT2D eigenvalue weighted by molar-refractivity contribution is -0.644. The van der Waals surface area contributed by atoms with Crippen molar-refractivity contribution in [2.75, 3.05) is 0 Å². The largest absolute Gasteiger partial charge is 0.221 e. The Kier molecular flexibility index (Phi) is 3.05. The van der Waals surface area contributed by atoms with Gasteiger partial charge in [0.1, 0.15) is 7.05 Å². The SMILES string of the molecule is [2H]C([2H])([2H])c1c[n+](C)c2c3c(C)c4c(cc3c3ccccc3c2c1C([2H])(C)C)Cc1ccccc1-4. The molecule has 0 amide bonds. The van der Waals surface area contributed by atoms with Crippen LogP contribution in [0.5, 0.6) is 0 Å². The van der Waals surface area contributed by atoms with Gasteiger partial charge in [0, 0.05) is 11.0 Å². The highest BCUT2D eigenvalue weighted by Gasteiger charge is 2.27. The summed E-state index contributed by atoms with van der Waals surface area (Å²) in [5.41, 5.74) is 8.29. The minimum atomic E-state index is -2.32. The normalized spacial score (nSPS) is 15.5. The molecular weight excluding hydrogens is 374 g/mol. The summed E-state index contributed by atoms with van der Waals surface area (Å²) in [5.74, 6) is -1.09. The molecular formula is C30H28N+. The Morgan fingerprint density at radius 2 is 1.68 bits per heavy atom. The van der Waals surface area contributed by atoms with Crippen molar-refractivity contribution in [2.24, 2.45) is 7.05 Å². The van der Waals surface area contributed by atoms with Crippen molar-refractivity contribution in [3.63, 3.8) is 0 Å². The molecule has 31 heavy (non-hydrogen) atoms. The van der Waals surface area contributed by atoms with Gasteiger partial charge in [0.15, 0.2) is 6.20 Å². The Morgan fingerprint density at radius 3 is 2.45 bits per heavy atom. The lowest BCUT2D eigenvalue weighted by Gasteiger charge is -2.19. The fraction of sp³-hybridized carbons (Fsp3) is 0.233. The number of benzene rings is 4. The summed E-state index contributed by atoms with van der Waals surface area (Å²) in [7, 11) is 1.94. The Balaban J connectivity index is 1.94. The molecule has 0 bridgehead atoms. The third kappa shape index (κ3) is 2.41. The highest BCUT2D eigenvalue weighted by atomic mass is 14.9. The zero-order valence-electron chi connectivity index (χ0n) is 22.4. The van der Waals surface area contributed by atoms with Crippen molar-refractivity contribution in [3.8, 4) is 11.1 Å². The van der Waals surface area contributed by atoms with Gasteiger partial charge in [-0.05, 0) is 81.7 Å². The topological polar surface area (TPSA) is 3.88 Å². The summed E-state index contributed by atoms with van der Waals surface area (Å²) in [5, 5.41) is 5.30. The monoisotopic (exact) mass is 406 g/mol. The number of hydrogen-bond donors (Lipinski definition) is 0. The molecule has 1 aliphatic rings. The van der Waals surface area contributed by atoms with Gasteiger partial charge in [0.2, 0.25) is 5.52 Å². The highest BCUT2D eigenvalue weighted by molar-refractivity contribution is 6.26. The number of hydrogen-bond acceptors (Lipinski definition) is 0. The molecule has 1 heteroatoms. The average molecular weight is 407 g/mol. The van der Waals surface area contributed by atoms with Gasteiger partial charge in [0.05, 0.1) is 10.8 Å². The fourth-order valence-corrected chi connectivity index (χ4v) is 5.81. The molecule has 0 radical (unpaired) electrons. The van der Waals surface area contributed by atoms with Crippen LogP contribution in [0, 0.1) is 13.8 Å². The Morgan fingerprint density at radius 1 is 0.935 bits per heavy atom. The average Bonchev–Trinajstić information content (AvgIpc) is 3.16. The van der Waals surface area contributed by atoms with E-state index in [9.17, 15) is 0 Å². The minimum absolute atomic E-state index is 0.251. The third-order valence-electron chi connectivity index (χ3n) is 6.98. The van der Waals surface area contributed by atoms with Crippen molar-refractivity contribution in [3.05, 3.63) is 88.6 Å². The van der Waals surface area contributed by atoms with Crippen molar-refractivity contribution >= 4 is 32.4 Å². The number of pyridine rings is 1. The standard InChI is InChI=1S/C30H28N/c1-17(2)26-18(3)16-31(5)30-28-19(4)27-21(14-20-10-6-7-11-22(20)27)15-25(28)23-12-8-9-13-24(23)29(26)30/h6-13,15-17H,14H2,1-5H3/q+1/i3D3,17D. The van der Waals surface area contributed by atoms with Crippen molar-refractivity contribution in [2.45, 2.75) is 39.9 Å². The first-order valence-corrected chi connectivity index (χ1v) is 10.9. The van der Waals surface area contributed by atoms with Crippen LogP contribution in [-0.4, -0.2) is 0 Å². The van der Waals surface area contributed by atoms with Crippen LogP contribution in [0.2, 0.25) is 0 Å². The molecule has 0 atom stereocenters. The lowest BCUT2D eigenvalue weighted by Crippen LogP contribution is -2.30. The maximum Gasteiger partial charge on any atom is 0.221 e. The van der Waals surface area contributed by atoms with E-state index in [1.54, 1.807) is 20.0 Å². The molecule has 0 spiro atoms. The molecule has 0 aliphatic heterocycles. The lowest BCUT2D eigenvalue weighted by atomic mass is 9.85. The third-order valence-corrected chi connectivity index (χ3v) is 6.98. The summed E-state index contributed by atoms with van der Waals surface area (Å²) in [6, 6.07) is 19.2. The molecule has 1 aliphatic carbocycles. The van der Waals surface area contributed by atoms with E-state index in [0.29, 0.717) is 5.56 Å². The first kappa shape index (κ1) is 14.8. The molecule has 0 N–H and O–H groups in total. The first-order valence-electron chi connectivity index (χ1n) is 12.9. The van der Waals surface area contributed by atoms with E-state index < -0.39 is 12.7 Å². The van der Waals surface area contributed by atoms with Crippen LogP contribution in [-0.2, 0) is 13.5 Å². The van der Waals surface area contributed by atoms with Crippen molar-refractivity contribution in [1.29, 1.82) is 0 Å². The Hall–Kier alpha value is -3.19. The first-order chi connectivity index (χ1) is 16.5. The molecule has 152 valence electrons. The predicted octanol–water partition coefficient (Wildman–Crippen LogP) is 7.28.